The fraction of sp³-hybridized carbons (Fsp3) is 0.368. The predicted octanol–water partition coefficient (Wildman–Crippen LogP) is 2.80. The smallest absolute Gasteiger partial charge is 0.119 e. The van der Waals surface area contributed by atoms with Gasteiger partial charge >= 0.3 is 0 Å². The Bertz CT molecular complexity index is 599. The first-order valence-corrected chi connectivity index (χ1v) is 7.95. The third kappa shape index (κ3) is 3.67. The first-order chi connectivity index (χ1) is 10.7. The number of nitrogens with two attached hydrogens (primary N) is 1. The first-order valence-electron chi connectivity index (χ1n) is 7.95. The highest BCUT2D eigenvalue weighted by Gasteiger charge is 2.30. The monoisotopic (exact) mass is 296 g/mol. The van der Waals surface area contributed by atoms with Gasteiger partial charge in [-0.15, -0.1) is 0 Å². The van der Waals surface area contributed by atoms with Crippen molar-refractivity contribution in [1.29, 1.82) is 0 Å². The summed E-state index contributed by atoms with van der Waals surface area (Å²) < 4.78 is 5.84. The van der Waals surface area contributed by atoms with Gasteiger partial charge in [0.15, 0.2) is 0 Å². The number of likely N-dealkylation sites (tertiary alicyclic amines) is 1. The minimum atomic E-state index is 0.210. The molecule has 22 heavy (non-hydrogen) atoms. The summed E-state index contributed by atoms with van der Waals surface area (Å²) in [7, 11) is 0. The molecular formula is C19H24N2O. The van der Waals surface area contributed by atoms with E-state index in [0.29, 0.717) is 12.5 Å². The van der Waals surface area contributed by atoms with Crippen molar-refractivity contribution in [3.05, 3.63) is 65.7 Å². The number of hydrogen-bond acceptors (Lipinski definition) is 3. The molecule has 116 valence electrons. The molecule has 0 radical (unpaired) electrons. The summed E-state index contributed by atoms with van der Waals surface area (Å²) in [5.74, 6) is 1.38. The predicted molar refractivity (Wildman–Crippen MR) is 90.3 cm³/mol. The molecule has 0 bridgehead atoms. The second-order valence-electron chi connectivity index (χ2n) is 6.11. The molecule has 0 spiro atoms. The molecule has 3 heteroatoms. The van der Waals surface area contributed by atoms with Crippen LogP contribution in [0.5, 0.6) is 5.75 Å². The van der Waals surface area contributed by atoms with Crippen molar-refractivity contribution in [3.8, 4) is 5.75 Å². The van der Waals surface area contributed by atoms with Crippen LogP contribution in [-0.4, -0.2) is 37.2 Å². The summed E-state index contributed by atoms with van der Waals surface area (Å²) in [5, 5.41) is 0. The van der Waals surface area contributed by atoms with E-state index in [-0.39, 0.29) is 6.04 Å². The van der Waals surface area contributed by atoms with E-state index in [9.17, 15) is 0 Å². The summed E-state index contributed by atoms with van der Waals surface area (Å²) in [4.78, 5) is 2.40. The number of ether oxygens (including phenoxy) is 1. The van der Waals surface area contributed by atoms with Crippen molar-refractivity contribution < 1.29 is 4.74 Å². The van der Waals surface area contributed by atoms with Crippen LogP contribution >= 0.6 is 0 Å². The molecule has 0 unspecified atom stereocenters. The van der Waals surface area contributed by atoms with Gasteiger partial charge in [0.2, 0.25) is 0 Å². The fourth-order valence-electron chi connectivity index (χ4n) is 3.15. The standard InChI is InChI=1S/C19H24N2O/c1-15-6-5-9-17(12-15)22-11-10-21-13-18(19(20)14-21)16-7-3-2-4-8-16/h2-9,12,18-19H,10-11,13-14,20H2,1H3/t18-,19+/m0/s1. The highest BCUT2D eigenvalue weighted by Crippen LogP contribution is 2.26. The molecule has 2 atom stereocenters. The SMILES string of the molecule is Cc1cccc(OCCN2C[C@@H](N)[C@H](c3ccccc3)C2)c1. The molecule has 1 aliphatic heterocycles. The van der Waals surface area contributed by atoms with Crippen LogP contribution in [0.15, 0.2) is 54.6 Å². The molecular weight excluding hydrogens is 272 g/mol. The van der Waals surface area contributed by atoms with Crippen molar-refractivity contribution in [2.24, 2.45) is 5.73 Å². The number of aryl methyl sites for hydroxylation is 1. The number of hydrogen-bond donors (Lipinski definition) is 1. The van der Waals surface area contributed by atoms with Gasteiger partial charge in [0.05, 0.1) is 0 Å². The van der Waals surface area contributed by atoms with Gasteiger partial charge in [0.1, 0.15) is 12.4 Å². The molecule has 3 rings (SSSR count). The summed E-state index contributed by atoms with van der Waals surface area (Å²) >= 11 is 0. The van der Waals surface area contributed by atoms with Crippen LogP contribution in [0.2, 0.25) is 0 Å². The zero-order valence-corrected chi connectivity index (χ0v) is 13.1. The Morgan fingerprint density at radius 1 is 1.09 bits per heavy atom. The normalized spacial score (nSPS) is 21.9. The number of benzene rings is 2. The van der Waals surface area contributed by atoms with Crippen molar-refractivity contribution in [2.75, 3.05) is 26.2 Å². The van der Waals surface area contributed by atoms with E-state index >= 15 is 0 Å². The van der Waals surface area contributed by atoms with Gasteiger partial charge in [-0.05, 0) is 30.2 Å². The van der Waals surface area contributed by atoms with Crippen molar-refractivity contribution in [2.45, 2.75) is 18.9 Å². The van der Waals surface area contributed by atoms with E-state index in [2.05, 4.69) is 54.3 Å². The average Bonchev–Trinajstić information content (AvgIpc) is 2.89. The quantitative estimate of drug-likeness (QED) is 0.922. The van der Waals surface area contributed by atoms with Crippen LogP contribution in [0.1, 0.15) is 17.0 Å². The van der Waals surface area contributed by atoms with Crippen LogP contribution in [0.3, 0.4) is 0 Å². The first kappa shape index (κ1) is 15.1. The zero-order valence-electron chi connectivity index (χ0n) is 13.1. The maximum absolute atomic E-state index is 6.32. The van der Waals surface area contributed by atoms with Crippen LogP contribution in [0, 0.1) is 6.92 Å². The number of nitrogens with zero attached hydrogens (tertiary/aromatic N) is 1. The zero-order chi connectivity index (χ0) is 15.4. The topological polar surface area (TPSA) is 38.5 Å². The Morgan fingerprint density at radius 2 is 1.91 bits per heavy atom. The van der Waals surface area contributed by atoms with Gasteiger partial charge in [-0.25, -0.2) is 0 Å². The molecule has 1 saturated heterocycles. The lowest BCUT2D eigenvalue weighted by Gasteiger charge is -2.16. The van der Waals surface area contributed by atoms with E-state index in [1.807, 2.05) is 12.1 Å². The van der Waals surface area contributed by atoms with E-state index in [1.54, 1.807) is 0 Å². The van der Waals surface area contributed by atoms with Crippen LogP contribution in [0.4, 0.5) is 0 Å². The lowest BCUT2D eigenvalue weighted by molar-refractivity contribution is 0.235. The van der Waals surface area contributed by atoms with Crippen LogP contribution in [-0.2, 0) is 0 Å². The second-order valence-corrected chi connectivity index (χ2v) is 6.11. The lowest BCUT2D eigenvalue weighted by atomic mass is 9.95. The second kappa shape index (κ2) is 6.95. The fourth-order valence-corrected chi connectivity index (χ4v) is 3.15. The highest BCUT2D eigenvalue weighted by molar-refractivity contribution is 5.27. The van der Waals surface area contributed by atoms with E-state index in [4.69, 9.17) is 10.5 Å². The molecule has 1 aliphatic rings. The molecule has 2 aromatic carbocycles. The molecule has 0 aromatic heterocycles. The van der Waals surface area contributed by atoms with Crippen LogP contribution < -0.4 is 10.5 Å². The number of rotatable bonds is 5. The molecule has 2 N–H and O–H groups in total. The van der Waals surface area contributed by atoms with Gasteiger partial charge < -0.3 is 10.5 Å². The highest BCUT2D eigenvalue weighted by atomic mass is 16.5. The van der Waals surface area contributed by atoms with E-state index in [1.165, 1.54) is 11.1 Å². The van der Waals surface area contributed by atoms with Crippen molar-refractivity contribution in [1.82, 2.24) is 4.90 Å². The van der Waals surface area contributed by atoms with Gasteiger partial charge in [-0.1, -0.05) is 42.5 Å². The molecule has 1 heterocycles. The van der Waals surface area contributed by atoms with E-state index in [0.717, 1.165) is 25.4 Å². The summed E-state index contributed by atoms with van der Waals surface area (Å²) in [5.41, 5.74) is 8.89. The Kier molecular flexibility index (Phi) is 4.76. The Balaban J connectivity index is 1.50. The van der Waals surface area contributed by atoms with Crippen LogP contribution in [0.25, 0.3) is 0 Å². The van der Waals surface area contributed by atoms with Crippen molar-refractivity contribution >= 4 is 0 Å². The Labute approximate surface area is 132 Å². The third-order valence-electron chi connectivity index (χ3n) is 4.33. The average molecular weight is 296 g/mol. The van der Waals surface area contributed by atoms with Gasteiger partial charge in [0.25, 0.3) is 0 Å². The molecule has 0 amide bonds. The summed E-state index contributed by atoms with van der Waals surface area (Å²) in [6.45, 7) is 5.67. The molecule has 2 aromatic rings. The lowest BCUT2D eigenvalue weighted by Crippen LogP contribution is -2.30. The van der Waals surface area contributed by atoms with Crippen molar-refractivity contribution in [3.63, 3.8) is 0 Å². The Hall–Kier alpha value is -1.84. The molecule has 0 saturated carbocycles. The molecule has 0 aliphatic carbocycles. The minimum absolute atomic E-state index is 0.210. The summed E-state index contributed by atoms with van der Waals surface area (Å²) in [6, 6.07) is 19.0. The van der Waals surface area contributed by atoms with Gasteiger partial charge in [-0.2, -0.15) is 0 Å². The third-order valence-corrected chi connectivity index (χ3v) is 4.33. The van der Waals surface area contributed by atoms with Gasteiger partial charge in [0, 0.05) is 31.6 Å². The molecule has 3 nitrogen and oxygen atoms in total. The minimum Gasteiger partial charge on any atom is -0.492 e. The Morgan fingerprint density at radius 3 is 2.68 bits per heavy atom. The van der Waals surface area contributed by atoms with E-state index < -0.39 is 0 Å². The van der Waals surface area contributed by atoms with Gasteiger partial charge in [-0.3, -0.25) is 4.90 Å². The maximum Gasteiger partial charge on any atom is 0.119 e. The summed E-state index contributed by atoms with van der Waals surface area (Å²) in [6.07, 6.45) is 0. The largest absolute Gasteiger partial charge is 0.492 e. The maximum atomic E-state index is 6.32. The molecule has 1 fully saturated rings.